The number of thioether (sulfide) groups is 1. The number of hydrogen-bond donors (Lipinski definition) is 1. The first-order chi connectivity index (χ1) is 10.5. The fraction of sp³-hybridized carbons (Fsp3) is 0.200. The Labute approximate surface area is 133 Å². The highest BCUT2D eigenvalue weighted by molar-refractivity contribution is 8.00. The molecule has 2 rings (SSSR count). The molecule has 7 heteroatoms. The number of para-hydroxylation sites is 1. The summed E-state index contributed by atoms with van der Waals surface area (Å²) in [6, 6.07) is 11.3. The van der Waals surface area contributed by atoms with Gasteiger partial charge in [-0.2, -0.15) is 5.26 Å². The summed E-state index contributed by atoms with van der Waals surface area (Å²) in [6.45, 7) is 1.78. The second kappa shape index (κ2) is 6.91. The number of carbonyl (C=O) groups excluding carboxylic acids is 1. The van der Waals surface area contributed by atoms with Crippen LogP contribution < -0.4 is 10.6 Å². The van der Waals surface area contributed by atoms with Gasteiger partial charge < -0.3 is 10.6 Å². The third-order valence-electron chi connectivity index (χ3n) is 3.02. The normalized spacial score (nSPS) is 11.5. The molecule has 1 aromatic carbocycles. The largest absolute Gasteiger partial charge is 0.382 e. The summed E-state index contributed by atoms with van der Waals surface area (Å²) in [4.78, 5) is 22.1. The van der Waals surface area contributed by atoms with Gasteiger partial charge in [0, 0.05) is 12.7 Å². The molecule has 0 fully saturated rings. The molecule has 0 saturated carbocycles. The first-order valence-corrected chi connectivity index (χ1v) is 7.42. The van der Waals surface area contributed by atoms with E-state index in [9.17, 15) is 4.79 Å². The molecule has 0 saturated heterocycles. The Kier molecular flexibility index (Phi) is 4.96. The van der Waals surface area contributed by atoms with Gasteiger partial charge in [0.25, 0.3) is 0 Å². The van der Waals surface area contributed by atoms with Gasteiger partial charge in [0.1, 0.15) is 17.5 Å². The molecule has 0 radical (unpaired) electrons. The Morgan fingerprint density at radius 3 is 2.68 bits per heavy atom. The lowest BCUT2D eigenvalue weighted by molar-refractivity contribution is -0.117. The van der Waals surface area contributed by atoms with E-state index in [0.717, 1.165) is 5.69 Å². The number of amides is 1. The van der Waals surface area contributed by atoms with Crippen LogP contribution in [0.2, 0.25) is 0 Å². The molecule has 6 nitrogen and oxygen atoms in total. The molecule has 0 bridgehead atoms. The fourth-order valence-corrected chi connectivity index (χ4v) is 2.62. The van der Waals surface area contributed by atoms with Crippen LogP contribution in [0.3, 0.4) is 0 Å². The van der Waals surface area contributed by atoms with Crippen molar-refractivity contribution in [3.8, 4) is 6.07 Å². The van der Waals surface area contributed by atoms with E-state index < -0.39 is 0 Å². The molecule has 1 amide bonds. The number of rotatable bonds is 4. The van der Waals surface area contributed by atoms with Crippen LogP contribution in [0.15, 0.2) is 41.7 Å². The second-order valence-electron chi connectivity index (χ2n) is 4.56. The van der Waals surface area contributed by atoms with Crippen LogP contribution in [0.25, 0.3) is 0 Å². The number of nitrogen functional groups attached to an aromatic ring is 1. The zero-order chi connectivity index (χ0) is 16.1. The smallest absolute Gasteiger partial charge is 0.240 e. The van der Waals surface area contributed by atoms with E-state index >= 15 is 0 Å². The number of anilines is 2. The van der Waals surface area contributed by atoms with Crippen LogP contribution >= 0.6 is 11.8 Å². The Balaban J connectivity index is 2.09. The van der Waals surface area contributed by atoms with Crippen LogP contribution in [-0.2, 0) is 4.79 Å². The van der Waals surface area contributed by atoms with Gasteiger partial charge in [0.15, 0.2) is 5.16 Å². The summed E-state index contributed by atoms with van der Waals surface area (Å²) in [6.07, 6.45) is 1.36. The molecular formula is C15H15N5OS. The van der Waals surface area contributed by atoms with Crippen molar-refractivity contribution in [1.29, 1.82) is 5.26 Å². The Bertz CT molecular complexity index is 714. The van der Waals surface area contributed by atoms with Crippen molar-refractivity contribution >= 4 is 29.2 Å². The number of carbonyl (C=O) groups is 1. The lowest BCUT2D eigenvalue weighted by Gasteiger charge is -2.20. The highest BCUT2D eigenvalue weighted by Gasteiger charge is 2.21. The average molecular weight is 313 g/mol. The molecule has 0 unspecified atom stereocenters. The van der Waals surface area contributed by atoms with E-state index in [2.05, 4.69) is 9.97 Å². The van der Waals surface area contributed by atoms with Gasteiger partial charge >= 0.3 is 0 Å². The maximum Gasteiger partial charge on any atom is 0.240 e. The number of nitriles is 1. The van der Waals surface area contributed by atoms with Crippen LogP contribution in [-0.4, -0.2) is 28.2 Å². The highest BCUT2D eigenvalue weighted by atomic mass is 32.2. The van der Waals surface area contributed by atoms with Crippen molar-refractivity contribution in [1.82, 2.24) is 9.97 Å². The molecule has 22 heavy (non-hydrogen) atoms. The number of hydrogen-bond acceptors (Lipinski definition) is 6. The minimum absolute atomic E-state index is 0.0669. The van der Waals surface area contributed by atoms with Crippen LogP contribution in [0.5, 0.6) is 0 Å². The van der Waals surface area contributed by atoms with E-state index in [0.29, 0.717) is 5.16 Å². The average Bonchev–Trinajstić information content (AvgIpc) is 2.54. The minimum Gasteiger partial charge on any atom is -0.382 e. The van der Waals surface area contributed by atoms with Crippen LogP contribution in [0, 0.1) is 11.3 Å². The number of nitrogens with zero attached hydrogens (tertiary/aromatic N) is 4. The Morgan fingerprint density at radius 1 is 1.41 bits per heavy atom. The molecule has 1 atom stereocenters. The molecule has 1 heterocycles. The van der Waals surface area contributed by atoms with E-state index in [1.807, 2.05) is 36.4 Å². The molecule has 0 spiro atoms. The topological polar surface area (TPSA) is 95.9 Å². The number of nitrogens with two attached hydrogens (primary N) is 1. The first kappa shape index (κ1) is 15.8. The number of benzene rings is 1. The van der Waals surface area contributed by atoms with E-state index in [1.54, 1.807) is 18.9 Å². The maximum absolute atomic E-state index is 12.4. The molecule has 2 aromatic rings. The zero-order valence-corrected chi connectivity index (χ0v) is 13.0. The molecular weight excluding hydrogens is 298 g/mol. The van der Waals surface area contributed by atoms with Gasteiger partial charge in [-0.3, -0.25) is 4.79 Å². The van der Waals surface area contributed by atoms with E-state index in [4.69, 9.17) is 11.0 Å². The second-order valence-corrected chi connectivity index (χ2v) is 5.86. The lowest BCUT2D eigenvalue weighted by Crippen LogP contribution is -2.33. The van der Waals surface area contributed by atoms with Crippen molar-refractivity contribution in [3.05, 3.63) is 42.1 Å². The molecule has 2 N–H and O–H groups in total. The monoisotopic (exact) mass is 313 g/mol. The summed E-state index contributed by atoms with van der Waals surface area (Å²) < 4.78 is 0. The summed E-state index contributed by atoms with van der Waals surface area (Å²) in [5, 5.41) is 8.80. The third kappa shape index (κ3) is 3.54. The van der Waals surface area contributed by atoms with Crippen LogP contribution in [0.1, 0.15) is 12.5 Å². The van der Waals surface area contributed by atoms with Crippen molar-refractivity contribution in [2.45, 2.75) is 17.3 Å². The van der Waals surface area contributed by atoms with Crippen molar-refractivity contribution in [2.24, 2.45) is 0 Å². The predicted octanol–water partition coefficient (Wildman–Crippen LogP) is 2.07. The first-order valence-electron chi connectivity index (χ1n) is 6.55. The summed E-state index contributed by atoms with van der Waals surface area (Å²) >= 11 is 1.21. The van der Waals surface area contributed by atoms with Gasteiger partial charge in [-0.15, -0.1) is 0 Å². The summed E-state index contributed by atoms with van der Waals surface area (Å²) in [5.41, 5.74) is 6.70. The summed E-state index contributed by atoms with van der Waals surface area (Å²) in [5.74, 6) is 0.0544. The number of aromatic nitrogens is 2. The highest BCUT2D eigenvalue weighted by Crippen LogP contribution is 2.24. The summed E-state index contributed by atoms with van der Waals surface area (Å²) in [7, 11) is 1.72. The lowest BCUT2D eigenvalue weighted by atomic mass is 10.3. The van der Waals surface area contributed by atoms with Crippen molar-refractivity contribution in [3.63, 3.8) is 0 Å². The van der Waals surface area contributed by atoms with Crippen molar-refractivity contribution in [2.75, 3.05) is 17.7 Å². The molecule has 0 aliphatic rings. The Hall–Kier alpha value is -2.59. The quantitative estimate of drug-likeness (QED) is 0.685. The Morgan fingerprint density at radius 2 is 2.09 bits per heavy atom. The molecule has 112 valence electrons. The van der Waals surface area contributed by atoms with Gasteiger partial charge in [0.05, 0.1) is 11.4 Å². The van der Waals surface area contributed by atoms with E-state index in [-0.39, 0.29) is 22.5 Å². The SMILES string of the molecule is C[C@@H](Sc1ncc(C#N)c(N)n1)C(=O)N(C)c1ccccc1. The maximum atomic E-state index is 12.4. The van der Waals surface area contributed by atoms with Gasteiger partial charge in [-0.1, -0.05) is 30.0 Å². The van der Waals surface area contributed by atoms with Gasteiger partial charge in [-0.25, -0.2) is 9.97 Å². The molecule has 0 aliphatic carbocycles. The standard InChI is InChI=1S/C15H15N5OS/c1-10(14(21)20(2)12-6-4-3-5-7-12)22-15-18-9-11(8-16)13(17)19-15/h3-7,9-10H,1-2H3,(H2,17,18,19)/t10-/m1/s1. The minimum atomic E-state index is -0.377. The third-order valence-corrected chi connectivity index (χ3v) is 3.98. The predicted molar refractivity (Wildman–Crippen MR) is 86.3 cm³/mol. The van der Waals surface area contributed by atoms with Crippen molar-refractivity contribution < 1.29 is 4.79 Å². The molecule has 0 aliphatic heterocycles. The van der Waals surface area contributed by atoms with Gasteiger partial charge in [0.2, 0.25) is 5.91 Å². The molecule has 1 aromatic heterocycles. The van der Waals surface area contributed by atoms with Crippen LogP contribution in [0.4, 0.5) is 11.5 Å². The zero-order valence-electron chi connectivity index (χ0n) is 12.2. The van der Waals surface area contributed by atoms with Gasteiger partial charge in [-0.05, 0) is 19.1 Å². The van der Waals surface area contributed by atoms with E-state index in [1.165, 1.54) is 18.0 Å². The fourth-order valence-electron chi connectivity index (χ4n) is 1.78.